The molecule has 0 saturated heterocycles. The van der Waals surface area contributed by atoms with E-state index in [-0.39, 0.29) is 11.3 Å². The number of Topliss-reactive ketones (excluding diaryl/α,β-unsaturated/α-hetero) is 1. The van der Waals surface area contributed by atoms with Gasteiger partial charge in [0.25, 0.3) is 5.91 Å². The predicted molar refractivity (Wildman–Crippen MR) is 124 cm³/mol. The van der Waals surface area contributed by atoms with E-state index in [1.807, 2.05) is 47.2 Å². The number of carbonyl (C=O) groups excluding carboxylic acids is 2. The van der Waals surface area contributed by atoms with Crippen LogP contribution in [0.2, 0.25) is 0 Å². The monoisotopic (exact) mass is 457 g/mol. The highest BCUT2D eigenvalue weighted by Crippen LogP contribution is 2.40. The van der Waals surface area contributed by atoms with Gasteiger partial charge in [-0.3, -0.25) is 9.59 Å². The Hall–Kier alpha value is -4.33. The molecule has 0 saturated carbocycles. The SMILES string of the molecule is COc1cccc2cc(C(=O)C3=C(O)C(=O)N(CCCn4ccnc4)C3c3ccccc3)oc12. The van der Waals surface area contributed by atoms with Crippen molar-refractivity contribution < 1.29 is 23.8 Å². The summed E-state index contributed by atoms with van der Waals surface area (Å²) in [4.78, 5) is 32.3. The van der Waals surface area contributed by atoms with Gasteiger partial charge < -0.3 is 23.7 Å². The van der Waals surface area contributed by atoms with Crippen LogP contribution in [0.3, 0.4) is 0 Å². The first kappa shape index (κ1) is 21.5. The number of hydrogen-bond acceptors (Lipinski definition) is 6. The Kier molecular flexibility index (Phi) is 5.63. The summed E-state index contributed by atoms with van der Waals surface area (Å²) in [5, 5.41) is 11.5. The number of furan rings is 1. The molecule has 1 aliphatic rings. The summed E-state index contributed by atoms with van der Waals surface area (Å²) in [7, 11) is 1.52. The standard InChI is InChI=1S/C26H23N3O5/c1-33-19-10-5-9-18-15-20(34-25(18)19)23(30)21-22(17-7-3-2-4-8-17)29(26(32)24(21)31)13-6-12-28-14-11-27-16-28/h2-5,7-11,14-16,22,31H,6,12-13H2,1H3. The van der Waals surface area contributed by atoms with Crippen LogP contribution in [0.25, 0.3) is 11.0 Å². The Morgan fingerprint density at radius 1 is 1.15 bits per heavy atom. The van der Waals surface area contributed by atoms with Crippen molar-refractivity contribution in [2.24, 2.45) is 0 Å². The summed E-state index contributed by atoms with van der Waals surface area (Å²) in [6.45, 7) is 1.00. The number of aromatic nitrogens is 2. The maximum atomic E-state index is 13.6. The number of benzene rings is 2. The summed E-state index contributed by atoms with van der Waals surface area (Å²) in [6, 6.07) is 15.5. The van der Waals surface area contributed by atoms with Gasteiger partial charge in [-0.2, -0.15) is 0 Å². The number of nitrogens with zero attached hydrogens (tertiary/aromatic N) is 3. The first-order chi connectivity index (χ1) is 16.6. The van der Waals surface area contributed by atoms with Crippen molar-refractivity contribution in [3.8, 4) is 5.75 Å². The number of para-hydroxylation sites is 1. The second-order valence-corrected chi connectivity index (χ2v) is 8.05. The lowest BCUT2D eigenvalue weighted by atomic mass is 9.95. The van der Waals surface area contributed by atoms with Crippen LogP contribution in [0.5, 0.6) is 5.75 Å². The molecule has 1 unspecified atom stereocenters. The van der Waals surface area contributed by atoms with Gasteiger partial charge in [-0.1, -0.05) is 42.5 Å². The maximum Gasteiger partial charge on any atom is 0.290 e. The van der Waals surface area contributed by atoms with Gasteiger partial charge in [-0.25, -0.2) is 4.98 Å². The zero-order valence-electron chi connectivity index (χ0n) is 18.5. The van der Waals surface area contributed by atoms with Gasteiger partial charge in [-0.15, -0.1) is 0 Å². The molecule has 1 aliphatic heterocycles. The Balaban J connectivity index is 1.50. The van der Waals surface area contributed by atoms with E-state index in [0.717, 1.165) is 5.56 Å². The van der Waals surface area contributed by atoms with Crippen LogP contribution in [-0.4, -0.2) is 44.9 Å². The molecule has 1 atom stereocenters. The zero-order chi connectivity index (χ0) is 23.7. The third-order valence-electron chi connectivity index (χ3n) is 5.99. The largest absolute Gasteiger partial charge is 0.503 e. The van der Waals surface area contributed by atoms with Crippen molar-refractivity contribution in [3.05, 3.63) is 96.0 Å². The maximum absolute atomic E-state index is 13.6. The van der Waals surface area contributed by atoms with Gasteiger partial charge >= 0.3 is 0 Å². The minimum Gasteiger partial charge on any atom is -0.503 e. The van der Waals surface area contributed by atoms with Crippen LogP contribution in [0.15, 0.2) is 89.1 Å². The molecule has 8 heteroatoms. The van der Waals surface area contributed by atoms with Crippen molar-refractivity contribution in [2.75, 3.05) is 13.7 Å². The summed E-state index contributed by atoms with van der Waals surface area (Å²) in [5.41, 5.74) is 1.18. The minimum atomic E-state index is -0.723. The fraction of sp³-hybridized carbons (Fsp3) is 0.192. The predicted octanol–water partition coefficient (Wildman–Crippen LogP) is 4.31. The van der Waals surface area contributed by atoms with Gasteiger partial charge in [0, 0.05) is 30.9 Å². The number of aliphatic hydroxyl groups is 1. The van der Waals surface area contributed by atoms with Crippen LogP contribution in [0, 0.1) is 0 Å². The molecule has 0 radical (unpaired) electrons. The van der Waals surface area contributed by atoms with Crippen LogP contribution < -0.4 is 4.74 Å². The van der Waals surface area contributed by atoms with Crippen molar-refractivity contribution in [1.82, 2.24) is 14.5 Å². The lowest BCUT2D eigenvalue weighted by molar-refractivity contribution is -0.129. The molecule has 0 bridgehead atoms. The Morgan fingerprint density at radius 2 is 1.97 bits per heavy atom. The molecule has 2 aromatic heterocycles. The first-order valence-electron chi connectivity index (χ1n) is 10.9. The van der Waals surface area contributed by atoms with E-state index in [1.165, 1.54) is 12.0 Å². The molecular formula is C26H23N3O5. The van der Waals surface area contributed by atoms with Gasteiger partial charge in [0.15, 0.2) is 22.9 Å². The number of amides is 1. The zero-order valence-corrected chi connectivity index (χ0v) is 18.5. The molecule has 34 heavy (non-hydrogen) atoms. The average Bonchev–Trinajstić information content (AvgIpc) is 3.59. The van der Waals surface area contributed by atoms with E-state index >= 15 is 0 Å². The average molecular weight is 457 g/mol. The van der Waals surface area contributed by atoms with Gasteiger partial charge in [0.05, 0.1) is 25.1 Å². The molecule has 0 aliphatic carbocycles. The highest BCUT2D eigenvalue weighted by Gasteiger charge is 2.44. The van der Waals surface area contributed by atoms with Crippen molar-refractivity contribution in [1.29, 1.82) is 0 Å². The minimum absolute atomic E-state index is 0.0110. The summed E-state index contributed by atoms with van der Waals surface area (Å²) >= 11 is 0. The van der Waals surface area contributed by atoms with Crippen molar-refractivity contribution >= 4 is 22.7 Å². The molecule has 0 fully saturated rings. The van der Waals surface area contributed by atoms with Crippen molar-refractivity contribution in [2.45, 2.75) is 19.0 Å². The highest BCUT2D eigenvalue weighted by atomic mass is 16.5. The number of rotatable bonds is 8. The van der Waals surface area contributed by atoms with Gasteiger partial charge in [0.1, 0.15) is 0 Å². The van der Waals surface area contributed by atoms with E-state index in [2.05, 4.69) is 4.98 Å². The summed E-state index contributed by atoms with van der Waals surface area (Å²) in [5.74, 6) is -1.12. The number of ether oxygens (including phenoxy) is 1. The molecular weight excluding hydrogens is 434 g/mol. The summed E-state index contributed by atoms with van der Waals surface area (Å²) < 4.78 is 13.1. The van der Waals surface area contributed by atoms with E-state index in [1.54, 1.807) is 30.7 Å². The second kappa shape index (κ2) is 8.90. The number of ketones is 1. The van der Waals surface area contributed by atoms with E-state index < -0.39 is 23.5 Å². The number of methoxy groups -OCH3 is 1. The van der Waals surface area contributed by atoms with E-state index in [4.69, 9.17) is 9.15 Å². The molecule has 1 N–H and O–H groups in total. The fourth-order valence-electron chi connectivity index (χ4n) is 4.38. The van der Waals surface area contributed by atoms with Crippen LogP contribution >= 0.6 is 0 Å². The Morgan fingerprint density at radius 3 is 2.71 bits per heavy atom. The molecule has 8 nitrogen and oxygen atoms in total. The third-order valence-corrected chi connectivity index (χ3v) is 5.99. The molecule has 172 valence electrons. The lowest BCUT2D eigenvalue weighted by Gasteiger charge is -2.26. The molecule has 5 rings (SSSR count). The quantitative estimate of drug-likeness (QED) is 0.396. The molecule has 4 aromatic rings. The van der Waals surface area contributed by atoms with E-state index in [0.29, 0.717) is 36.2 Å². The van der Waals surface area contributed by atoms with Crippen LogP contribution in [-0.2, 0) is 11.3 Å². The first-order valence-corrected chi connectivity index (χ1v) is 10.9. The van der Waals surface area contributed by atoms with Crippen LogP contribution in [0.4, 0.5) is 0 Å². The lowest BCUT2D eigenvalue weighted by Crippen LogP contribution is -2.32. The number of aryl methyl sites for hydroxylation is 1. The van der Waals surface area contributed by atoms with Gasteiger partial charge in [0.2, 0.25) is 5.78 Å². The number of imidazole rings is 1. The summed E-state index contributed by atoms with van der Waals surface area (Å²) in [6.07, 6.45) is 5.88. The molecule has 3 heterocycles. The number of carbonyl (C=O) groups is 2. The van der Waals surface area contributed by atoms with E-state index in [9.17, 15) is 14.7 Å². The molecule has 1 amide bonds. The normalized spacial score (nSPS) is 16.0. The second-order valence-electron chi connectivity index (χ2n) is 8.05. The highest BCUT2D eigenvalue weighted by molar-refractivity contribution is 6.16. The van der Waals surface area contributed by atoms with Gasteiger partial charge in [-0.05, 0) is 24.1 Å². The topological polar surface area (TPSA) is 97.8 Å². The number of hydrogen-bond donors (Lipinski definition) is 1. The molecule has 0 spiro atoms. The third kappa shape index (κ3) is 3.73. The number of fused-ring (bicyclic) bond motifs is 1. The van der Waals surface area contributed by atoms with Crippen LogP contribution in [0.1, 0.15) is 28.6 Å². The molecule has 2 aromatic carbocycles. The smallest absolute Gasteiger partial charge is 0.290 e. The Labute approximate surface area is 195 Å². The van der Waals surface area contributed by atoms with Crippen molar-refractivity contribution in [3.63, 3.8) is 0 Å². The fourth-order valence-corrected chi connectivity index (χ4v) is 4.38. The number of aliphatic hydroxyl groups excluding tert-OH is 1. The Bertz CT molecular complexity index is 1370.